The summed E-state index contributed by atoms with van der Waals surface area (Å²) in [6.45, 7) is 1.53. The van der Waals surface area contributed by atoms with E-state index in [-0.39, 0.29) is 11.8 Å². The molecule has 0 aliphatic rings. The Labute approximate surface area is 105 Å². The van der Waals surface area contributed by atoms with Crippen molar-refractivity contribution in [3.63, 3.8) is 0 Å². The van der Waals surface area contributed by atoms with Gasteiger partial charge in [0.25, 0.3) is 0 Å². The van der Waals surface area contributed by atoms with Crippen LogP contribution in [0.3, 0.4) is 0 Å². The average molecular weight is 262 g/mol. The normalized spacial score (nSPS) is 10.4. The second-order valence-corrected chi connectivity index (χ2v) is 3.58. The first-order valence-corrected chi connectivity index (χ1v) is 5.51. The van der Waals surface area contributed by atoms with Gasteiger partial charge in [0, 0.05) is 20.2 Å². The first-order chi connectivity index (χ1) is 8.24. The van der Waals surface area contributed by atoms with Crippen molar-refractivity contribution in [3.8, 4) is 5.75 Å². The van der Waals surface area contributed by atoms with Crippen molar-refractivity contribution in [3.05, 3.63) is 11.5 Å². The molecule has 96 valence electrons. The minimum atomic E-state index is 0.00842. The summed E-state index contributed by atoms with van der Waals surface area (Å²) in [6.07, 6.45) is 1.36. The van der Waals surface area contributed by atoms with Crippen molar-refractivity contribution >= 4 is 17.4 Å². The van der Waals surface area contributed by atoms with Gasteiger partial charge in [-0.3, -0.25) is 0 Å². The molecule has 0 unspecified atom stereocenters. The van der Waals surface area contributed by atoms with Gasteiger partial charge in [0.05, 0.1) is 20.3 Å². The molecule has 0 aromatic carbocycles. The van der Waals surface area contributed by atoms with Crippen LogP contribution < -0.4 is 9.64 Å². The maximum absolute atomic E-state index is 9.03. The van der Waals surface area contributed by atoms with Crippen molar-refractivity contribution in [2.45, 2.75) is 0 Å². The number of rotatable bonds is 7. The molecule has 1 N–H and O–H groups in total. The average Bonchev–Trinajstić information content (AvgIpc) is 2.34. The second-order valence-electron chi connectivity index (χ2n) is 3.22. The van der Waals surface area contributed by atoms with Crippen LogP contribution in [-0.4, -0.2) is 55.6 Å². The number of anilines is 1. The summed E-state index contributed by atoms with van der Waals surface area (Å²) in [5.41, 5.74) is 0. The number of aromatic nitrogens is 2. The van der Waals surface area contributed by atoms with Crippen LogP contribution in [0.5, 0.6) is 5.75 Å². The predicted octanol–water partition coefficient (Wildman–Crippen LogP) is 0.584. The third-order valence-electron chi connectivity index (χ3n) is 2.18. The molecule has 0 saturated heterocycles. The molecule has 0 aliphatic carbocycles. The fraction of sp³-hybridized carbons (Fsp3) is 0.600. The summed E-state index contributed by atoms with van der Waals surface area (Å²) in [6, 6.07) is 0. The van der Waals surface area contributed by atoms with E-state index in [2.05, 4.69) is 9.97 Å². The van der Waals surface area contributed by atoms with Gasteiger partial charge >= 0.3 is 0 Å². The standard InChI is InChI=1S/C10H16ClN3O3/c1-16-6-4-14(3-5-15)10-8(17-2)9(11)12-7-13-10/h7,15H,3-6H2,1-2H3. The van der Waals surface area contributed by atoms with Crippen LogP contribution in [0.15, 0.2) is 6.33 Å². The largest absolute Gasteiger partial charge is 0.490 e. The van der Waals surface area contributed by atoms with Crippen LogP contribution in [0.25, 0.3) is 0 Å². The number of ether oxygens (including phenoxy) is 2. The van der Waals surface area contributed by atoms with E-state index in [4.69, 9.17) is 26.2 Å². The molecule has 0 amide bonds. The minimum Gasteiger partial charge on any atom is -0.490 e. The molecule has 7 heteroatoms. The van der Waals surface area contributed by atoms with Crippen LogP contribution >= 0.6 is 11.6 Å². The summed E-state index contributed by atoms with van der Waals surface area (Å²) in [4.78, 5) is 9.79. The highest BCUT2D eigenvalue weighted by molar-refractivity contribution is 6.31. The highest BCUT2D eigenvalue weighted by atomic mass is 35.5. The van der Waals surface area contributed by atoms with Crippen molar-refractivity contribution in [1.29, 1.82) is 0 Å². The summed E-state index contributed by atoms with van der Waals surface area (Å²) in [7, 11) is 3.11. The maximum Gasteiger partial charge on any atom is 0.199 e. The van der Waals surface area contributed by atoms with E-state index in [9.17, 15) is 0 Å². The van der Waals surface area contributed by atoms with E-state index in [1.807, 2.05) is 4.90 Å². The lowest BCUT2D eigenvalue weighted by Gasteiger charge is -2.24. The quantitative estimate of drug-likeness (QED) is 0.725. The van der Waals surface area contributed by atoms with E-state index in [1.54, 1.807) is 7.11 Å². The molecule has 0 spiro atoms. The number of aliphatic hydroxyl groups is 1. The van der Waals surface area contributed by atoms with Gasteiger partial charge in [0.2, 0.25) is 0 Å². The lowest BCUT2D eigenvalue weighted by molar-refractivity contribution is 0.202. The van der Waals surface area contributed by atoms with E-state index < -0.39 is 0 Å². The van der Waals surface area contributed by atoms with E-state index in [0.717, 1.165) is 0 Å². The zero-order chi connectivity index (χ0) is 12.7. The van der Waals surface area contributed by atoms with Crippen LogP contribution in [0.2, 0.25) is 5.15 Å². The first kappa shape index (κ1) is 14.0. The molecule has 1 aromatic rings. The monoisotopic (exact) mass is 261 g/mol. The van der Waals surface area contributed by atoms with Crippen LogP contribution in [-0.2, 0) is 4.74 Å². The van der Waals surface area contributed by atoms with Gasteiger partial charge in [-0.1, -0.05) is 11.6 Å². The molecule has 1 aromatic heterocycles. The molecular weight excluding hydrogens is 246 g/mol. The zero-order valence-electron chi connectivity index (χ0n) is 9.89. The molecule has 1 heterocycles. The topological polar surface area (TPSA) is 67.7 Å². The van der Waals surface area contributed by atoms with E-state index in [1.165, 1.54) is 13.4 Å². The maximum atomic E-state index is 9.03. The fourth-order valence-corrected chi connectivity index (χ4v) is 1.60. The molecule has 0 atom stereocenters. The Morgan fingerprint density at radius 2 is 2.12 bits per heavy atom. The Hall–Kier alpha value is -1.11. The molecule has 0 bridgehead atoms. The molecule has 0 fully saturated rings. The van der Waals surface area contributed by atoms with Gasteiger partial charge in [-0.25, -0.2) is 9.97 Å². The lowest BCUT2D eigenvalue weighted by atomic mass is 10.4. The van der Waals surface area contributed by atoms with Gasteiger partial charge in [0.15, 0.2) is 16.7 Å². The van der Waals surface area contributed by atoms with Gasteiger partial charge in [-0.15, -0.1) is 0 Å². The van der Waals surface area contributed by atoms with Gasteiger partial charge < -0.3 is 19.5 Å². The Kier molecular flexibility index (Phi) is 5.96. The smallest absolute Gasteiger partial charge is 0.199 e. The van der Waals surface area contributed by atoms with E-state index >= 15 is 0 Å². The third-order valence-corrected chi connectivity index (χ3v) is 2.45. The van der Waals surface area contributed by atoms with Gasteiger partial charge in [-0.2, -0.15) is 0 Å². The SMILES string of the molecule is COCCN(CCO)c1ncnc(Cl)c1OC. The van der Waals surface area contributed by atoms with Crippen LogP contribution in [0.4, 0.5) is 5.82 Å². The molecular formula is C10H16ClN3O3. The van der Waals surface area contributed by atoms with Gasteiger partial charge in [0.1, 0.15) is 6.33 Å². The lowest BCUT2D eigenvalue weighted by Crippen LogP contribution is -2.31. The number of halogens is 1. The van der Waals surface area contributed by atoms with Crippen LogP contribution in [0.1, 0.15) is 0 Å². The Morgan fingerprint density at radius 3 is 2.71 bits per heavy atom. The van der Waals surface area contributed by atoms with E-state index in [0.29, 0.717) is 31.3 Å². The number of aliphatic hydroxyl groups excluding tert-OH is 1. The molecule has 6 nitrogen and oxygen atoms in total. The highest BCUT2D eigenvalue weighted by Gasteiger charge is 2.16. The summed E-state index contributed by atoms with van der Waals surface area (Å²) in [5, 5.41) is 9.28. The van der Waals surface area contributed by atoms with Crippen molar-refractivity contribution in [2.75, 3.05) is 45.4 Å². The third kappa shape index (κ3) is 3.69. The molecule has 0 radical (unpaired) electrons. The second kappa shape index (κ2) is 7.26. The zero-order valence-corrected chi connectivity index (χ0v) is 10.6. The number of hydrogen-bond donors (Lipinski definition) is 1. The van der Waals surface area contributed by atoms with Crippen LogP contribution in [0, 0.1) is 0 Å². The molecule has 0 aliphatic heterocycles. The molecule has 17 heavy (non-hydrogen) atoms. The minimum absolute atomic E-state index is 0.00842. The van der Waals surface area contributed by atoms with Crippen molar-refractivity contribution < 1.29 is 14.6 Å². The number of nitrogens with zero attached hydrogens (tertiary/aromatic N) is 3. The Bertz CT molecular complexity index is 352. The Balaban J connectivity index is 2.95. The van der Waals surface area contributed by atoms with Crippen molar-refractivity contribution in [1.82, 2.24) is 9.97 Å². The highest BCUT2D eigenvalue weighted by Crippen LogP contribution is 2.31. The Morgan fingerprint density at radius 1 is 1.35 bits per heavy atom. The molecule has 1 rings (SSSR count). The summed E-state index contributed by atoms with van der Waals surface area (Å²) < 4.78 is 10.2. The summed E-state index contributed by atoms with van der Waals surface area (Å²) in [5.74, 6) is 0.956. The van der Waals surface area contributed by atoms with Gasteiger partial charge in [-0.05, 0) is 0 Å². The van der Waals surface area contributed by atoms with Crippen molar-refractivity contribution in [2.24, 2.45) is 0 Å². The predicted molar refractivity (Wildman–Crippen MR) is 64.8 cm³/mol. The fourth-order valence-electron chi connectivity index (χ4n) is 1.39. The molecule has 0 saturated carbocycles. The number of methoxy groups -OCH3 is 2. The summed E-state index contributed by atoms with van der Waals surface area (Å²) >= 11 is 5.91. The number of hydrogen-bond acceptors (Lipinski definition) is 6. The first-order valence-electron chi connectivity index (χ1n) is 5.13.